The highest BCUT2D eigenvalue weighted by Gasteiger charge is 2.12. The molecule has 1 amide bonds. The van der Waals surface area contributed by atoms with Crippen LogP contribution in [-0.2, 0) is 24.1 Å². The van der Waals surface area contributed by atoms with E-state index < -0.39 is 5.82 Å². The Hall–Kier alpha value is -2.16. The monoisotopic (exact) mass is 269 g/mol. The lowest BCUT2D eigenvalue weighted by molar-refractivity contribution is -0.115. The van der Waals surface area contributed by atoms with Gasteiger partial charge in [-0.2, -0.15) is 0 Å². The number of hydrogen-bond donors (Lipinski definition) is 1. The lowest BCUT2D eigenvalue weighted by atomic mass is 10.0. The van der Waals surface area contributed by atoms with E-state index in [0.29, 0.717) is 0 Å². The maximum Gasteiger partial charge on any atom is 0.228 e. The first-order chi connectivity index (χ1) is 9.72. The average Bonchev–Trinajstić information content (AvgIpc) is 2.89. The smallest absolute Gasteiger partial charge is 0.228 e. The Kier molecular flexibility index (Phi) is 3.50. The third kappa shape index (κ3) is 2.72. The number of para-hydroxylation sites is 1. The highest BCUT2D eigenvalue weighted by molar-refractivity contribution is 5.92. The van der Waals surface area contributed by atoms with Crippen molar-refractivity contribution in [3.8, 4) is 0 Å². The number of hydrogen-bond acceptors (Lipinski definition) is 1. The number of carbonyl (C=O) groups excluding carboxylic acids is 1. The summed E-state index contributed by atoms with van der Waals surface area (Å²) >= 11 is 0. The van der Waals surface area contributed by atoms with Crippen LogP contribution >= 0.6 is 0 Å². The van der Waals surface area contributed by atoms with Crippen LogP contribution < -0.4 is 5.32 Å². The minimum Gasteiger partial charge on any atom is -0.323 e. The zero-order valence-corrected chi connectivity index (χ0v) is 11.2. The highest BCUT2D eigenvalue weighted by Crippen LogP contribution is 2.23. The van der Waals surface area contributed by atoms with Crippen LogP contribution in [0.2, 0.25) is 0 Å². The van der Waals surface area contributed by atoms with Gasteiger partial charge >= 0.3 is 0 Å². The van der Waals surface area contributed by atoms with Crippen molar-refractivity contribution >= 4 is 11.6 Å². The van der Waals surface area contributed by atoms with E-state index in [1.165, 1.54) is 23.6 Å². The van der Waals surface area contributed by atoms with Crippen LogP contribution in [0.5, 0.6) is 0 Å². The molecule has 20 heavy (non-hydrogen) atoms. The molecule has 0 aromatic heterocycles. The summed E-state index contributed by atoms with van der Waals surface area (Å²) in [6.07, 6.45) is 3.71. The van der Waals surface area contributed by atoms with Crippen molar-refractivity contribution in [3.05, 3.63) is 65.0 Å². The lowest BCUT2D eigenvalue weighted by Crippen LogP contribution is -2.15. The molecule has 0 atom stereocenters. The molecule has 0 radical (unpaired) electrons. The van der Waals surface area contributed by atoms with Gasteiger partial charge in [0.25, 0.3) is 0 Å². The van der Waals surface area contributed by atoms with Gasteiger partial charge < -0.3 is 5.32 Å². The van der Waals surface area contributed by atoms with Gasteiger partial charge in [-0.15, -0.1) is 0 Å². The van der Waals surface area contributed by atoms with E-state index in [9.17, 15) is 9.18 Å². The molecule has 0 heterocycles. The van der Waals surface area contributed by atoms with Crippen molar-refractivity contribution in [3.63, 3.8) is 0 Å². The van der Waals surface area contributed by atoms with E-state index >= 15 is 0 Å². The maximum atomic E-state index is 13.5. The second-order valence-electron chi connectivity index (χ2n) is 5.16. The maximum absolute atomic E-state index is 13.5. The number of fused-ring (bicyclic) bond motifs is 1. The summed E-state index contributed by atoms with van der Waals surface area (Å²) in [5.41, 5.74) is 3.96. The molecule has 2 aromatic carbocycles. The summed E-state index contributed by atoms with van der Waals surface area (Å²) in [5, 5.41) is 2.61. The molecule has 0 fully saturated rings. The number of benzene rings is 2. The minimum atomic E-state index is -0.408. The zero-order chi connectivity index (χ0) is 13.9. The zero-order valence-electron chi connectivity index (χ0n) is 11.2. The van der Waals surface area contributed by atoms with Crippen molar-refractivity contribution < 1.29 is 9.18 Å². The Bertz CT molecular complexity index is 651. The summed E-state index contributed by atoms with van der Waals surface area (Å²) in [7, 11) is 0. The normalized spacial score (nSPS) is 13.1. The molecular formula is C17H16FNO. The van der Waals surface area contributed by atoms with Crippen molar-refractivity contribution in [2.75, 3.05) is 5.32 Å². The first kappa shape index (κ1) is 12.9. The van der Waals surface area contributed by atoms with Crippen LogP contribution in [0, 0.1) is 5.82 Å². The largest absolute Gasteiger partial charge is 0.323 e. The second-order valence-corrected chi connectivity index (χ2v) is 5.16. The number of aryl methyl sites for hydroxylation is 2. The molecular weight excluding hydrogens is 253 g/mol. The van der Waals surface area contributed by atoms with Gasteiger partial charge in [0.15, 0.2) is 0 Å². The quantitative estimate of drug-likeness (QED) is 0.908. The van der Waals surface area contributed by atoms with Gasteiger partial charge in [-0.1, -0.05) is 30.3 Å². The summed E-state index contributed by atoms with van der Waals surface area (Å²) in [6.45, 7) is 0. The molecule has 0 unspecified atom stereocenters. The number of nitrogens with one attached hydrogen (secondary N) is 1. The summed E-state index contributed by atoms with van der Waals surface area (Å²) in [5.74, 6) is -0.595. The number of halogens is 1. The van der Waals surface area contributed by atoms with Gasteiger partial charge in [-0.3, -0.25) is 4.79 Å². The number of rotatable bonds is 3. The van der Waals surface area contributed by atoms with E-state index in [-0.39, 0.29) is 18.0 Å². The summed E-state index contributed by atoms with van der Waals surface area (Å²) in [4.78, 5) is 12.0. The van der Waals surface area contributed by atoms with E-state index in [2.05, 4.69) is 17.4 Å². The van der Waals surface area contributed by atoms with Gasteiger partial charge in [-0.25, -0.2) is 4.39 Å². The molecule has 0 spiro atoms. The average molecular weight is 269 g/mol. The van der Waals surface area contributed by atoms with Gasteiger partial charge in [0.2, 0.25) is 5.91 Å². The Morgan fingerprint density at radius 2 is 1.90 bits per heavy atom. The van der Waals surface area contributed by atoms with Crippen molar-refractivity contribution in [2.45, 2.75) is 25.7 Å². The molecule has 1 aliphatic carbocycles. The molecule has 102 valence electrons. The molecule has 0 bridgehead atoms. The minimum absolute atomic E-state index is 0.187. The van der Waals surface area contributed by atoms with E-state index in [1.807, 2.05) is 6.07 Å². The molecule has 0 saturated heterocycles. The predicted molar refractivity (Wildman–Crippen MR) is 77.2 cm³/mol. The van der Waals surface area contributed by atoms with Crippen molar-refractivity contribution in [1.29, 1.82) is 0 Å². The molecule has 0 saturated carbocycles. The fraction of sp³-hybridized carbons (Fsp3) is 0.235. The SMILES string of the molecule is O=C(Cc1ccc2c(c1)CCC2)Nc1ccccc1F. The Morgan fingerprint density at radius 1 is 1.10 bits per heavy atom. The van der Waals surface area contributed by atoms with Gasteiger partial charge in [-0.05, 0) is 48.1 Å². The van der Waals surface area contributed by atoms with Crippen molar-refractivity contribution in [1.82, 2.24) is 0 Å². The standard InChI is InChI=1S/C17H16FNO/c18-15-6-1-2-7-16(15)19-17(20)11-12-8-9-13-4-3-5-14(13)10-12/h1-2,6-10H,3-5,11H2,(H,19,20). The first-order valence-electron chi connectivity index (χ1n) is 6.87. The first-order valence-corrected chi connectivity index (χ1v) is 6.87. The Morgan fingerprint density at radius 3 is 2.75 bits per heavy atom. The molecule has 1 N–H and O–H groups in total. The van der Waals surface area contributed by atoms with Gasteiger partial charge in [0.1, 0.15) is 5.82 Å². The Balaban J connectivity index is 1.69. The topological polar surface area (TPSA) is 29.1 Å². The summed E-state index contributed by atoms with van der Waals surface area (Å²) < 4.78 is 13.5. The van der Waals surface area contributed by atoms with E-state index in [4.69, 9.17) is 0 Å². The number of anilines is 1. The summed E-state index contributed by atoms with van der Waals surface area (Å²) in [6, 6.07) is 12.4. The lowest BCUT2D eigenvalue weighted by Gasteiger charge is -2.07. The van der Waals surface area contributed by atoms with Crippen LogP contribution in [0.25, 0.3) is 0 Å². The molecule has 2 nitrogen and oxygen atoms in total. The Labute approximate surface area is 117 Å². The second kappa shape index (κ2) is 5.45. The van der Waals surface area contributed by atoms with Crippen LogP contribution in [0.3, 0.4) is 0 Å². The van der Waals surface area contributed by atoms with Crippen LogP contribution in [0.15, 0.2) is 42.5 Å². The van der Waals surface area contributed by atoms with Gasteiger partial charge in [0, 0.05) is 0 Å². The molecule has 0 aliphatic heterocycles. The van der Waals surface area contributed by atoms with Crippen LogP contribution in [-0.4, -0.2) is 5.91 Å². The number of amides is 1. The highest BCUT2D eigenvalue weighted by atomic mass is 19.1. The molecule has 3 heteroatoms. The predicted octanol–water partition coefficient (Wildman–Crippen LogP) is 3.50. The van der Waals surface area contributed by atoms with E-state index in [1.54, 1.807) is 18.2 Å². The molecule has 1 aliphatic rings. The molecule has 3 rings (SSSR count). The number of carbonyl (C=O) groups is 1. The third-order valence-corrected chi connectivity index (χ3v) is 3.68. The van der Waals surface area contributed by atoms with E-state index in [0.717, 1.165) is 18.4 Å². The van der Waals surface area contributed by atoms with Gasteiger partial charge in [0.05, 0.1) is 12.1 Å². The van der Waals surface area contributed by atoms with Crippen LogP contribution in [0.4, 0.5) is 10.1 Å². The molecule has 2 aromatic rings. The fourth-order valence-electron chi connectivity index (χ4n) is 2.68. The van der Waals surface area contributed by atoms with Crippen LogP contribution in [0.1, 0.15) is 23.1 Å². The van der Waals surface area contributed by atoms with Crippen molar-refractivity contribution in [2.24, 2.45) is 0 Å². The fourth-order valence-corrected chi connectivity index (χ4v) is 2.68. The third-order valence-electron chi connectivity index (χ3n) is 3.68.